The minimum absolute atomic E-state index is 0.116. The van der Waals surface area contributed by atoms with Gasteiger partial charge in [0.15, 0.2) is 0 Å². The Hall–Kier alpha value is -0.740. The zero-order chi connectivity index (χ0) is 13.6. The van der Waals surface area contributed by atoms with E-state index in [2.05, 4.69) is 0 Å². The first-order valence-corrected chi connectivity index (χ1v) is 7.29. The van der Waals surface area contributed by atoms with Crippen LogP contribution in [0.15, 0.2) is 29.2 Å². The lowest BCUT2D eigenvalue weighted by molar-refractivity contribution is -0.0633. The maximum absolute atomic E-state index is 13.2. The van der Waals surface area contributed by atoms with Gasteiger partial charge in [-0.25, -0.2) is 4.39 Å². The Morgan fingerprint density at radius 2 is 2.00 bits per heavy atom. The van der Waals surface area contributed by atoms with Crippen molar-refractivity contribution < 1.29 is 13.3 Å². The normalized spacial score (nSPS) is 27.1. The molecular weight excluding hydrogens is 251 g/mol. The van der Waals surface area contributed by atoms with Gasteiger partial charge in [-0.1, -0.05) is 6.07 Å². The van der Waals surface area contributed by atoms with Crippen molar-refractivity contribution in [3.63, 3.8) is 0 Å². The maximum Gasteiger partial charge on any atom is 0.124 e. The van der Waals surface area contributed by atoms with E-state index < -0.39 is 16.4 Å². The van der Waals surface area contributed by atoms with E-state index >= 15 is 0 Å². The second-order valence-electron chi connectivity index (χ2n) is 5.91. The van der Waals surface area contributed by atoms with Gasteiger partial charge in [-0.15, -0.1) is 0 Å². The molecule has 0 bridgehead atoms. The molecule has 1 aliphatic rings. The van der Waals surface area contributed by atoms with E-state index in [9.17, 15) is 8.60 Å². The van der Waals surface area contributed by atoms with Gasteiger partial charge in [0.2, 0.25) is 0 Å². The minimum atomic E-state index is -1.25. The Morgan fingerprint density at radius 3 is 2.50 bits per heavy atom. The predicted octanol–water partition coefficient (Wildman–Crippen LogP) is 3.28. The molecule has 100 valence electrons. The molecule has 1 aliphatic heterocycles. The number of ether oxygens (including phenoxy) is 1. The minimum Gasteiger partial charge on any atom is -0.368 e. The van der Waals surface area contributed by atoms with Gasteiger partial charge in [-0.2, -0.15) is 0 Å². The number of benzene rings is 1. The molecule has 1 aromatic carbocycles. The molecule has 2 rings (SSSR count). The molecule has 4 heteroatoms. The van der Waals surface area contributed by atoms with Gasteiger partial charge in [-0.3, -0.25) is 4.21 Å². The van der Waals surface area contributed by atoms with Gasteiger partial charge in [0, 0.05) is 4.90 Å². The molecule has 1 aromatic rings. The summed E-state index contributed by atoms with van der Waals surface area (Å²) >= 11 is 0. The molecule has 2 nitrogen and oxygen atoms in total. The highest BCUT2D eigenvalue weighted by molar-refractivity contribution is 7.85. The SMILES string of the molecule is CC1(C)CC(S(=O)c2cccc(F)c2)C(C)(C)O1. The summed E-state index contributed by atoms with van der Waals surface area (Å²) in [6.45, 7) is 7.89. The molecule has 0 aliphatic carbocycles. The lowest BCUT2D eigenvalue weighted by Crippen LogP contribution is -2.35. The first-order valence-electron chi connectivity index (χ1n) is 6.08. The second-order valence-corrected chi connectivity index (χ2v) is 7.55. The van der Waals surface area contributed by atoms with E-state index in [-0.39, 0.29) is 16.7 Å². The fraction of sp³-hybridized carbons (Fsp3) is 0.571. The predicted molar refractivity (Wildman–Crippen MR) is 70.5 cm³/mol. The highest BCUT2D eigenvalue weighted by atomic mass is 32.2. The number of hydrogen-bond donors (Lipinski definition) is 0. The monoisotopic (exact) mass is 270 g/mol. The third-order valence-corrected chi connectivity index (χ3v) is 5.25. The summed E-state index contributed by atoms with van der Waals surface area (Å²) in [5, 5.41) is -0.116. The van der Waals surface area contributed by atoms with Crippen LogP contribution in [0.4, 0.5) is 4.39 Å². The van der Waals surface area contributed by atoms with Crippen molar-refractivity contribution in [2.75, 3.05) is 0 Å². The molecule has 2 unspecified atom stereocenters. The fourth-order valence-electron chi connectivity index (χ4n) is 2.60. The summed E-state index contributed by atoms with van der Waals surface area (Å²) < 4.78 is 31.7. The van der Waals surface area contributed by atoms with E-state index in [4.69, 9.17) is 4.74 Å². The Kier molecular flexibility index (Phi) is 3.36. The largest absolute Gasteiger partial charge is 0.368 e. The lowest BCUT2D eigenvalue weighted by Gasteiger charge is -2.26. The summed E-state index contributed by atoms with van der Waals surface area (Å²) in [7, 11) is -1.25. The van der Waals surface area contributed by atoms with E-state index in [0.717, 1.165) is 0 Å². The van der Waals surface area contributed by atoms with Gasteiger partial charge < -0.3 is 4.74 Å². The number of hydrogen-bond acceptors (Lipinski definition) is 2. The number of rotatable bonds is 2. The van der Waals surface area contributed by atoms with Crippen LogP contribution in [-0.2, 0) is 15.5 Å². The molecular formula is C14H19FO2S. The van der Waals surface area contributed by atoms with E-state index in [1.807, 2.05) is 27.7 Å². The van der Waals surface area contributed by atoms with Crippen LogP contribution in [0.5, 0.6) is 0 Å². The molecule has 18 heavy (non-hydrogen) atoms. The van der Waals surface area contributed by atoms with Crippen LogP contribution in [-0.4, -0.2) is 20.7 Å². The van der Waals surface area contributed by atoms with E-state index in [1.54, 1.807) is 12.1 Å². The molecule has 1 heterocycles. The average molecular weight is 270 g/mol. The summed E-state index contributed by atoms with van der Waals surface area (Å²) in [4.78, 5) is 0.536. The Labute approximate surface area is 110 Å². The Morgan fingerprint density at radius 1 is 1.33 bits per heavy atom. The Balaban J connectivity index is 2.30. The van der Waals surface area contributed by atoms with Gasteiger partial charge in [0.25, 0.3) is 0 Å². The standard InChI is InChI=1S/C14H19FO2S/c1-13(2)9-12(14(3,4)17-13)18(16)11-7-5-6-10(15)8-11/h5-8,12H,9H2,1-4H3. The van der Waals surface area contributed by atoms with Crippen LogP contribution in [0.2, 0.25) is 0 Å². The van der Waals surface area contributed by atoms with Gasteiger partial charge in [-0.05, 0) is 52.3 Å². The second kappa shape index (κ2) is 4.42. The topological polar surface area (TPSA) is 26.3 Å². The average Bonchev–Trinajstić information content (AvgIpc) is 2.45. The summed E-state index contributed by atoms with van der Waals surface area (Å²) in [6.07, 6.45) is 0.711. The van der Waals surface area contributed by atoms with Gasteiger partial charge in [0.1, 0.15) is 5.82 Å². The van der Waals surface area contributed by atoms with Crippen molar-refractivity contribution in [3.05, 3.63) is 30.1 Å². The third-order valence-electron chi connectivity index (χ3n) is 3.28. The van der Waals surface area contributed by atoms with Crippen molar-refractivity contribution in [1.82, 2.24) is 0 Å². The summed E-state index contributed by atoms with van der Waals surface area (Å²) in [6, 6.07) is 6.01. The zero-order valence-electron chi connectivity index (χ0n) is 11.2. The molecule has 2 atom stereocenters. The van der Waals surface area contributed by atoms with E-state index in [0.29, 0.717) is 11.3 Å². The van der Waals surface area contributed by atoms with Crippen LogP contribution in [0, 0.1) is 5.82 Å². The molecule has 0 N–H and O–H groups in total. The van der Waals surface area contributed by atoms with Crippen molar-refractivity contribution >= 4 is 10.8 Å². The van der Waals surface area contributed by atoms with Crippen molar-refractivity contribution in [1.29, 1.82) is 0 Å². The molecule has 1 fully saturated rings. The Bertz CT molecular complexity index is 482. The van der Waals surface area contributed by atoms with Crippen LogP contribution in [0.3, 0.4) is 0 Å². The molecule has 0 radical (unpaired) electrons. The van der Waals surface area contributed by atoms with Gasteiger partial charge >= 0.3 is 0 Å². The van der Waals surface area contributed by atoms with Crippen molar-refractivity contribution in [2.45, 2.75) is 55.5 Å². The highest BCUT2D eigenvalue weighted by Crippen LogP contribution is 2.41. The molecule has 0 saturated carbocycles. The quantitative estimate of drug-likeness (QED) is 0.824. The number of halogens is 1. The van der Waals surface area contributed by atoms with Gasteiger partial charge in [0.05, 0.1) is 27.3 Å². The third kappa shape index (κ3) is 2.64. The van der Waals surface area contributed by atoms with Crippen LogP contribution >= 0.6 is 0 Å². The lowest BCUT2D eigenvalue weighted by atomic mass is 10.0. The van der Waals surface area contributed by atoms with E-state index in [1.165, 1.54) is 12.1 Å². The molecule has 1 saturated heterocycles. The zero-order valence-corrected chi connectivity index (χ0v) is 12.0. The van der Waals surface area contributed by atoms with Crippen LogP contribution in [0.1, 0.15) is 34.1 Å². The summed E-state index contributed by atoms with van der Waals surface area (Å²) in [5.41, 5.74) is -0.738. The smallest absolute Gasteiger partial charge is 0.124 e. The molecule has 0 spiro atoms. The van der Waals surface area contributed by atoms with Crippen molar-refractivity contribution in [2.24, 2.45) is 0 Å². The maximum atomic E-state index is 13.2. The fourth-order valence-corrected chi connectivity index (χ4v) is 4.49. The molecule has 0 aromatic heterocycles. The van der Waals surface area contributed by atoms with Crippen molar-refractivity contribution in [3.8, 4) is 0 Å². The first-order chi connectivity index (χ1) is 8.21. The summed E-state index contributed by atoms with van der Waals surface area (Å²) in [5.74, 6) is -0.350. The highest BCUT2D eigenvalue weighted by Gasteiger charge is 2.49. The molecule has 0 amide bonds. The first kappa shape index (κ1) is 13.7. The van der Waals surface area contributed by atoms with Crippen LogP contribution in [0.25, 0.3) is 0 Å². The van der Waals surface area contributed by atoms with Crippen LogP contribution < -0.4 is 0 Å².